The summed E-state index contributed by atoms with van der Waals surface area (Å²) in [6.07, 6.45) is 4.33. The van der Waals surface area contributed by atoms with Crippen LogP contribution in [0.15, 0.2) is 88.2 Å². The summed E-state index contributed by atoms with van der Waals surface area (Å²) >= 11 is 9.50. The van der Waals surface area contributed by atoms with Crippen molar-refractivity contribution in [2.45, 2.75) is 62.6 Å². The van der Waals surface area contributed by atoms with Crippen molar-refractivity contribution >= 4 is 55.1 Å². The third-order valence-corrected chi connectivity index (χ3v) is 9.59. The molecule has 1 aliphatic rings. The van der Waals surface area contributed by atoms with Gasteiger partial charge in [0, 0.05) is 22.1 Å². The summed E-state index contributed by atoms with van der Waals surface area (Å²) in [6, 6.07) is 21.2. The molecule has 0 heterocycles. The van der Waals surface area contributed by atoms with Crippen molar-refractivity contribution in [2.75, 3.05) is 10.8 Å². The molecule has 0 aliphatic heterocycles. The van der Waals surface area contributed by atoms with E-state index in [2.05, 4.69) is 21.2 Å². The molecule has 1 aliphatic carbocycles. The van der Waals surface area contributed by atoms with Crippen molar-refractivity contribution in [3.8, 4) is 0 Å². The number of amides is 2. The van der Waals surface area contributed by atoms with Crippen LogP contribution in [0, 0.1) is 0 Å². The Bertz CT molecular complexity index is 1410. The molecule has 10 heteroatoms. The first-order chi connectivity index (χ1) is 19.2. The van der Waals surface area contributed by atoms with Gasteiger partial charge in [0.1, 0.15) is 12.6 Å². The van der Waals surface area contributed by atoms with Crippen LogP contribution in [0.1, 0.15) is 44.6 Å². The molecule has 1 unspecified atom stereocenters. The van der Waals surface area contributed by atoms with Crippen molar-refractivity contribution in [3.05, 3.63) is 93.9 Å². The van der Waals surface area contributed by atoms with Gasteiger partial charge in [-0.25, -0.2) is 8.42 Å². The van der Waals surface area contributed by atoms with Gasteiger partial charge < -0.3 is 10.2 Å². The van der Waals surface area contributed by atoms with Crippen molar-refractivity contribution in [1.29, 1.82) is 0 Å². The Morgan fingerprint density at radius 1 is 1.00 bits per heavy atom. The minimum atomic E-state index is -4.10. The van der Waals surface area contributed by atoms with Crippen molar-refractivity contribution in [2.24, 2.45) is 0 Å². The third-order valence-electron chi connectivity index (χ3n) is 7.06. The summed E-state index contributed by atoms with van der Waals surface area (Å²) in [7, 11) is -4.10. The monoisotopic (exact) mass is 645 g/mol. The number of hydrogen-bond donors (Lipinski definition) is 1. The number of carbonyl (C=O) groups excluding carboxylic acids is 2. The lowest BCUT2D eigenvalue weighted by Gasteiger charge is -2.33. The first-order valence-electron chi connectivity index (χ1n) is 13.4. The predicted octanol–water partition coefficient (Wildman–Crippen LogP) is 6.16. The lowest BCUT2D eigenvalue weighted by atomic mass is 10.1. The summed E-state index contributed by atoms with van der Waals surface area (Å²) < 4.78 is 29.5. The van der Waals surface area contributed by atoms with Crippen LogP contribution in [0.5, 0.6) is 0 Å². The van der Waals surface area contributed by atoms with Crippen molar-refractivity contribution in [1.82, 2.24) is 10.2 Å². The molecule has 0 radical (unpaired) electrons. The van der Waals surface area contributed by atoms with Gasteiger partial charge >= 0.3 is 0 Å². The van der Waals surface area contributed by atoms with E-state index >= 15 is 0 Å². The standard InChI is InChI=1S/C30H33BrClN3O4S/c1-2-28(30(37)33-25-10-6-7-11-25)34(20-22-15-17-24(32)18-16-22)29(36)21-35(26-12-8-9-23(31)19-26)40(38,39)27-13-4-3-5-14-27/h3-5,8-9,12-19,25,28H,2,6-7,10-11,20-21H2,1H3,(H,33,37). The molecule has 40 heavy (non-hydrogen) atoms. The van der Waals surface area contributed by atoms with E-state index in [-0.39, 0.29) is 23.4 Å². The van der Waals surface area contributed by atoms with Gasteiger partial charge in [0.25, 0.3) is 10.0 Å². The smallest absolute Gasteiger partial charge is 0.264 e. The summed E-state index contributed by atoms with van der Waals surface area (Å²) in [5.41, 5.74) is 1.12. The second-order valence-corrected chi connectivity index (χ2v) is 13.1. The number of nitrogens with one attached hydrogen (secondary N) is 1. The number of carbonyl (C=O) groups is 2. The van der Waals surface area contributed by atoms with Crippen LogP contribution in [-0.2, 0) is 26.2 Å². The third kappa shape index (κ3) is 7.44. The second kappa shape index (κ2) is 13.7. The van der Waals surface area contributed by atoms with Gasteiger partial charge in [-0.2, -0.15) is 0 Å². The van der Waals surface area contributed by atoms with Gasteiger partial charge in [-0.05, 0) is 67.3 Å². The maximum absolute atomic E-state index is 14.1. The Morgan fingerprint density at radius 2 is 1.68 bits per heavy atom. The second-order valence-electron chi connectivity index (χ2n) is 9.87. The summed E-state index contributed by atoms with van der Waals surface area (Å²) in [4.78, 5) is 29.1. The summed E-state index contributed by atoms with van der Waals surface area (Å²) in [5.74, 6) is -0.709. The first-order valence-corrected chi connectivity index (χ1v) is 16.0. The maximum atomic E-state index is 14.1. The van der Waals surface area contributed by atoms with E-state index in [1.165, 1.54) is 17.0 Å². The first kappa shape index (κ1) is 30.1. The van der Waals surface area contributed by atoms with Gasteiger partial charge in [-0.1, -0.05) is 83.7 Å². The van der Waals surface area contributed by atoms with Crippen LogP contribution in [0.4, 0.5) is 5.69 Å². The van der Waals surface area contributed by atoms with Crippen molar-refractivity contribution < 1.29 is 18.0 Å². The molecule has 3 aromatic rings. The van der Waals surface area contributed by atoms with Crippen LogP contribution in [0.3, 0.4) is 0 Å². The van der Waals surface area contributed by atoms with E-state index in [9.17, 15) is 18.0 Å². The molecule has 3 aromatic carbocycles. The predicted molar refractivity (Wildman–Crippen MR) is 162 cm³/mol. The zero-order valence-electron chi connectivity index (χ0n) is 22.3. The van der Waals surface area contributed by atoms with Crippen LogP contribution in [0.2, 0.25) is 5.02 Å². The highest BCUT2D eigenvalue weighted by Gasteiger charge is 2.34. The number of nitrogens with zero attached hydrogens (tertiary/aromatic N) is 2. The van der Waals surface area contributed by atoms with Crippen LogP contribution < -0.4 is 9.62 Å². The fourth-order valence-corrected chi connectivity index (χ4v) is 6.89. The van der Waals surface area contributed by atoms with Gasteiger partial charge in [0.05, 0.1) is 10.6 Å². The Balaban J connectivity index is 1.70. The molecule has 0 spiro atoms. The summed E-state index contributed by atoms with van der Waals surface area (Å²) in [5, 5.41) is 3.67. The Labute approximate surface area is 249 Å². The van der Waals surface area contributed by atoms with Crippen LogP contribution in [-0.4, -0.2) is 43.8 Å². The van der Waals surface area contributed by atoms with E-state index in [1.807, 2.05) is 6.92 Å². The molecule has 1 fully saturated rings. The Morgan fingerprint density at radius 3 is 2.30 bits per heavy atom. The van der Waals surface area contributed by atoms with E-state index in [1.54, 1.807) is 66.7 Å². The molecule has 0 bridgehead atoms. The summed E-state index contributed by atoms with van der Waals surface area (Å²) in [6.45, 7) is 1.51. The maximum Gasteiger partial charge on any atom is 0.264 e. The number of sulfonamides is 1. The molecule has 0 saturated heterocycles. The molecule has 212 valence electrons. The number of hydrogen-bond acceptors (Lipinski definition) is 4. The number of halogens is 2. The molecule has 2 amide bonds. The zero-order valence-corrected chi connectivity index (χ0v) is 25.5. The fourth-order valence-electron chi connectivity index (χ4n) is 4.95. The molecule has 4 rings (SSSR count). The highest BCUT2D eigenvalue weighted by Crippen LogP contribution is 2.27. The normalized spacial score (nSPS) is 14.5. The minimum Gasteiger partial charge on any atom is -0.352 e. The molecular weight excluding hydrogens is 614 g/mol. The van der Waals surface area contributed by atoms with Crippen LogP contribution in [0.25, 0.3) is 0 Å². The average Bonchev–Trinajstić information content (AvgIpc) is 3.46. The SMILES string of the molecule is CCC(C(=O)NC1CCCC1)N(Cc1ccc(Cl)cc1)C(=O)CN(c1cccc(Br)c1)S(=O)(=O)c1ccccc1. The fraction of sp³-hybridized carbons (Fsp3) is 0.333. The highest BCUT2D eigenvalue weighted by molar-refractivity contribution is 9.10. The number of anilines is 1. The molecule has 1 saturated carbocycles. The van der Waals surface area contributed by atoms with Gasteiger partial charge in [0.15, 0.2) is 0 Å². The van der Waals surface area contributed by atoms with Gasteiger partial charge in [0.2, 0.25) is 11.8 Å². The topological polar surface area (TPSA) is 86.8 Å². The number of benzene rings is 3. The van der Waals surface area contributed by atoms with E-state index < -0.39 is 28.5 Å². The minimum absolute atomic E-state index is 0.0676. The molecule has 0 aromatic heterocycles. The quantitative estimate of drug-likeness (QED) is 0.270. The zero-order chi connectivity index (χ0) is 28.7. The van der Waals surface area contributed by atoms with Crippen molar-refractivity contribution in [3.63, 3.8) is 0 Å². The average molecular weight is 647 g/mol. The van der Waals surface area contributed by atoms with Crippen LogP contribution >= 0.6 is 27.5 Å². The molecular formula is C30H33BrClN3O4S. The molecule has 1 atom stereocenters. The lowest BCUT2D eigenvalue weighted by molar-refractivity contribution is -0.140. The Kier molecular flexibility index (Phi) is 10.3. The highest BCUT2D eigenvalue weighted by atomic mass is 79.9. The van der Waals surface area contributed by atoms with E-state index in [4.69, 9.17) is 11.6 Å². The Hall–Kier alpha value is -2.88. The van der Waals surface area contributed by atoms with E-state index in [0.29, 0.717) is 21.6 Å². The van der Waals surface area contributed by atoms with Gasteiger partial charge in [-0.3, -0.25) is 13.9 Å². The lowest BCUT2D eigenvalue weighted by Crippen LogP contribution is -2.53. The number of rotatable bonds is 11. The molecule has 1 N–H and O–H groups in total. The molecule has 7 nitrogen and oxygen atoms in total. The van der Waals surface area contributed by atoms with Gasteiger partial charge in [-0.15, -0.1) is 0 Å². The van der Waals surface area contributed by atoms with E-state index in [0.717, 1.165) is 35.6 Å². The largest absolute Gasteiger partial charge is 0.352 e.